The maximum atomic E-state index is 13.9. The van der Waals surface area contributed by atoms with E-state index in [1.165, 1.54) is 11.1 Å². The van der Waals surface area contributed by atoms with Crippen molar-refractivity contribution in [2.24, 2.45) is 0 Å². The van der Waals surface area contributed by atoms with Crippen LogP contribution in [0.5, 0.6) is 0 Å². The first-order chi connectivity index (χ1) is 18.1. The van der Waals surface area contributed by atoms with Crippen molar-refractivity contribution in [2.75, 3.05) is 26.2 Å². The van der Waals surface area contributed by atoms with Crippen molar-refractivity contribution in [1.29, 1.82) is 0 Å². The SMILES string of the molecule is O=C1C(Cc2ccccc2)NC(=O)C2(CCN(CCCc3ccccc3)CC2)N1CCc1ccccc1. The summed E-state index contributed by atoms with van der Waals surface area (Å²) in [4.78, 5) is 32.0. The van der Waals surface area contributed by atoms with Crippen LogP contribution in [0.1, 0.15) is 36.0 Å². The summed E-state index contributed by atoms with van der Waals surface area (Å²) in [5, 5.41) is 3.13. The second-order valence-electron chi connectivity index (χ2n) is 10.4. The number of rotatable bonds is 9. The third-order valence-electron chi connectivity index (χ3n) is 8.02. The smallest absolute Gasteiger partial charge is 0.246 e. The van der Waals surface area contributed by atoms with Gasteiger partial charge in [-0.3, -0.25) is 9.59 Å². The number of benzene rings is 3. The maximum absolute atomic E-state index is 13.9. The Kier molecular flexibility index (Phi) is 8.00. The molecule has 3 aromatic carbocycles. The number of amides is 2. The van der Waals surface area contributed by atoms with Crippen molar-refractivity contribution in [1.82, 2.24) is 15.1 Å². The zero-order valence-corrected chi connectivity index (χ0v) is 21.5. The first-order valence-corrected chi connectivity index (χ1v) is 13.6. The van der Waals surface area contributed by atoms with E-state index in [-0.39, 0.29) is 11.8 Å². The topological polar surface area (TPSA) is 52.7 Å². The van der Waals surface area contributed by atoms with Gasteiger partial charge in [0.2, 0.25) is 11.8 Å². The predicted octanol–water partition coefficient (Wildman–Crippen LogP) is 4.27. The molecule has 2 aliphatic rings. The second kappa shape index (κ2) is 11.7. The molecule has 0 saturated carbocycles. The number of carbonyl (C=O) groups excluding carboxylic acids is 2. The van der Waals surface area contributed by atoms with Crippen molar-refractivity contribution >= 4 is 11.8 Å². The van der Waals surface area contributed by atoms with Gasteiger partial charge < -0.3 is 15.1 Å². The molecule has 192 valence electrons. The highest BCUT2D eigenvalue weighted by atomic mass is 16.2. The van der Waals surface area contributed by atoms with Gasteiger partial charge in [0.25, 0.3) is 0 Å². The Morgan fingerprint density at radius 3 is 1.84 bits per heavy atom. The molecule has 2 saturated heterocycles. The normalized spacial score (nSPS) is 19.7. The van der Waals surface area contributed by atoms with Crippen LogP contribution in [0.3, 0.4) is 0 Å². The molecule has 2 aliphatic heterocycles. The zero-order valence-electron chi connectivity index (χ0n) is 21.5. The van der Waals surface area contributed by atoms with Gasteiger partial charge in [-0.25, -0.2) is 0 Å². The number of likely N-dealkylation sites (tertiary alicyclic amines) is 1. The van der Waals surface area contributed by atoms with Crippen molar-refractivity contribution in [3.05, 3.63) is 108 Å². The van der Waals surface area contributed by atoms with Crippen molar-refractivity contribution < 1.29 is 9.59 Å². The van der Waals surface area contributed by atoms with E-state index in [1.807, 2.05) is 53.4 Å². The Morgan fingerprint density at radius 1 is 0.703 bits per heavy atom. The Hall–Kier alpha value is -3.44. The fraction of sp³-hybridized carbons (Fsp3) is 0.375. The van der Waals surface area contributed by atoms with Gasteiger partial charge in [-0.2, -0.15) is 0 Å². The lowest BCUT2D eigenvalue weighted by Gasteiger charge is -2.51. The van der Waals surface area contributed by atoms with Crippen LogP contribution < -0.4 is 5.32 Å². The molecule has 5 rings (SSSR count). The minimum Gasteiger partial charge on any atom is -0.342 e. The molecule has 0 aliphatic carbocycles. The molecule has 5 nitrogen and oxygen atoms in total. The van der Waals surface area contributed by atoms with Gasteiger partial charge in [0.05, 0.1) is 0 Å². The molecule has 1 spiro atoms. The summed E-state index contributed by atoms with van der Waals surface area (Å²) in [6.07, 6.45) is 4.80. The van der Waals surface area contributed by atoms with Crippen LogP contribution in [-0.2, 0) is 28.9 Å². The number of piperazine rings is 1. The number of aryl methyl sites for hydroxylation is 1. The van der Waals surface area contributed by atoms with Crippen LogP contribution in [0.4, 0.5) is 0 Å². The summed E-state index contributed by atoms with van der Waals surface area (Å²) in [6.45, 7) is 3.25. The van der Waals surface area contributed by atoms with Crippen molar-refractivity contribution in [3.8, 4) is 0 Å². The Morgan fingerprint density at radius 2 is 1.24 bits per heavy atom. The second-order valence-corrected chi connectivity index (χ2v) is 10.4. The summed E-state index contributed by atoms with van der Waals surface area (Å²) < 4.78 is 0. The van der Waals surface area contributed by atoms with E-state index in [1.54, 1.807) is 0 Å². The van der Waals surface area contributed by atoms with Gasteiger partial charge in [-0.1, -0.05) is 91.0 Å². The third-order valence-corrected chi connectivity index (χ3v) is 8.02. The standard InChI is InChI=1S/C32H37N3O2/c36-30-29(25-28-15-8-3-9-16-28)33-31(37)32(35(30)22-18-27-13-6-2-7-14-27)19-23-34(24-20-32)21-10-17-26-11-4-1-5-12-26/h1-9,11-16,29H,10,17-25H2,(H,33,37). The van der Waals surface area contributed by atoms with E-state index in [0.717, 1.165) is 44.5 Å². The largest absolute Gasteiger partial charge is 0.342 e. The third kappa shape index (κ3) is 5.94. The highest BCUT2D eigenvalue weighted by Crippen LogP contribution is 2.34. The molecule has 1 atom stereocenters. The molecule has 37 heavy (non-hydrogen) atoms. The van der Waals surface area contributed by atoms with Gasteiger partial charge >= 0.3 is 0 Å². The van der Waals surface area contributed by atoms with Crippen molar-refractivity contribution in [2.45, 2.75) is 50.1 Å². The summed E-state index contributed by atoms with van der Waals surface area (Å²) in [5.41, 5.74) is 2.86. The van der Waals surface area contributed by atoms with Gasteiger partial charge in [0.15, 0.2) is 0 Å². The van der Waals surface area contributed by atoms with E-state index >= 15 is 0 Å². The lowest BCUT2D eigenvalue weighted by Crippen LogP contribution is -2.73. The monoisotopic (exact) mass is 495 g/mol. The lowest BCUT2D eigenvalue weighted by atomic mass is 9.80. The predicted molar refractivity (Wildman–Crippen MR) is 147 cm³/mol. The fourth-order valence-electron chi connectivity index (χ4n) is 5.87. The minimum atomic E-state index is -0.755. The molecule has 1 unspecified atom stereocenters. The minimum absolute atomic E-state index is 0.0185. The number of nitrogens with one attached hydrogen (secondary N) is 1. The molecule has 5 heteroatoms. The molecule has 2 amide bonds. The van der Waals surface area contributed by atoms with Crippen LogP contribution >= 0.6 is 0 Å². The molecular formula is C32H37N3O2. The van der Waals surface area contributed by atoms with E-state index < -0.39 is 11.6 Å². The van der Waals surface area contributed by atoms with Crippen molar-refractivity contribution in [3.63, 3.8) is 0 Å². The molecule has 0 aromatic heterocycles. The molecule has 1 N–H and O–H groups in total. The Bertz CT molecular complexity index is 1160. The molecular weight excluding hydrogens is 458 g/mol. The van der Waals surface area contributed by atoms with Gasteiger partial charge in [0.1, 0.15) is 11.6 Å². The van der Waals surface area contributed by atoms with E-state index in [2.05, 4.69) is 52.7 Å². The molecule has 2 fully saturated rings. The van der Waals surface area contributed by atoms with E-state index in [9.17, 15) is 9.59 Å². The Balaban J connectivity index is 1.27. The van der Waals surface area contributed by atoms with Crippen LogP contribution in [0.25, 0.3) is 0 Å². The average Bonchev–Trinajstić information content (AvgIpc) is 2.94. The summed E-state index contributed by atoms with van der Waals surface area (Å²) in [7, 11) is 0. The first-order valence-electron chi connectivity index (χ1n) is 13.6. The zero-order chi connectivity index (χ0) is 25.5. The van der Waals surface area contributed by atoms with Gasteiger partial charge in [-0.05, 0) is 55.3 Å². The number of nitrogens with zero attached hydrogens (tertiary/aromatic N) is 2. The van der Waals surface area contributed by atoms with Crippen LogP contribution in [0.15, 0.2) is 91.0 Å². The highest BCUT2D eigenvalue weighted by molar-refractivity contribution is 6.00. The first kappa shape index (κ1) is 25.2. The van der Waals surface area contributed by atoms with Gasteiger partial charge in [-0.15, -0.1) is 0 Å². The molecule has 0 radical (unpaired) electrons. The number of hydrogen-bond donors (Lipinski definition) is 1. The van der Waals surface area contributed by atoms with Crippen LogP contribution in [0, 0.1) is 0 Å². The number of hydrogen-bond acceptors (Lipinski definition) is 3. The number of carbonyl (C=O) groups is 2. The fourth-order valence-corrected chi connectivity index (χ4v) is 5.87. The van der Waals surface area contributed by atoms with Crippen LogP contribution in [-0.4, -0.2) is 59.4 Å². The van der Waals surface area contributed by atoms with Gasteiger partial charge in [0, 0.05) is 26.1 Å². The molecule has 3 aromatic rings. The summed E-state index contributed by atoms with van der Waals surface area (Å²) in [6, 6.07) is 30.3. The maximum Gasteiger partial charge on any atom is 0.246 e. The van der Waals surface area contributed by atoms with E-state index in [0.29, 0.717) is 25.8 Å². The summed E-state index contributed by atoms with van der Waals surface area (Å²) >= 11 is 0. The van der Waals surface area contributed by atoms with Crippen LogP contribution in [0.2, 0.25) is 0 Å². The lowest BCUT2D eigenvalue weighted by molar-refractivity contribution is -0.161. The highest BCUT2D eigenvalue weighted by Gasteiger charge is 2.53. The molecule has 2 heterocycles. The summed E-state index contributed by atoms with van der Waals surface area (Å²) in [5.74, 6) is 0.0712. The van der Waals surface area contributed by atoms with E-state index in [4.69, 9.17) is 0 Å². The molecule has 0 bridgehead atoms. The quantitative estimate of drug-likeness (QED) is 0.483. The Labute approximate surface area is 220 Å². The average molecular weight is 496 g/mol. The number of piperidine rings is 1.